The van der Waals surface area contributed by atoms with E-state index in [1.54, 1.807) is 11.9 Å². The number of para-hydroxylation sites is 1. The van der Waals surface area contributed by atoms with E-state index in [0.717, 1.165) is 5.69 Å². The molecule has 1 aromatic rings. The summed E-state index contributed by atoms with van der Waals surface area (Å²) in [5, 5.41) is 0. The van der Waals surface area contributed by atoms with Crippen LogP contribution in [0.25, 0.3) is 0 Å². The molecule has 12 heavy (non-hydrogen) atoms. The third kappa shape index (κ3) is 3.55. The smallest absolute Gasteiger partial charge is 0.0758 e. The molecule has 0 unspecified atom stereocenters. The molecule has 0 spiro atoms. The van der Waals surface area contributed by atoms with E-state index in [2.05, 4.69) is 4.99 Å². The maximum Gasteiger partial charge on any atom is 0.0758 e. The minimum absolute atomic E-state index is 0.992. The van der Waals surface area contributed by atoms with Crippen LogP contribution in [-0.2, 0) is 0 Å². The first-order valence-electron chi connectivity index (χ1n) is 3.71. The lowest BCUT2D eigenvalue weighted by atomic mass is 10.3. The molecule has 0 aliphatic heterocycles. The molecule has 3 heteroatoms. The Morgan fingerprint density at radius 2 is 1.92 bits per heavy atom. The van der Waals surface area contributed by atoms with Gasteiger partial charge < -0.3 is 0 Å². The van der Waals surface area contributed by atoms with Crippen molar-refractivity contribution in [3.8, 4) is 0 Å². The standard InChI is InChI=1S/C9H12N2S/c1-11(2)12-8-10-9-6-4-3-5-7-9/h3-8H,1-2H3. The summed E-state index contributed by atoms with van der Waals surface area (Å²) in [6.07, 6.45) is 0. The molecule has 0 aliphatic rings. The van der Waals surface area contributed by atoms with Crippen molar-refractivity contribution in [3.05, 3.63) is 30.3 Å². The van der Waals surface area contributed by atoms with Gasteiger partial charge in [-0.1, -0.05) is 18.2 Å². The Labute approximate surface area is 77.4 Å². The summed E-state index contributed by atoms with van der Waals surface area (Å²) in [4.78, 5) is 4.24. The van der Waals surface area contributed by atoms with Crippen LogP contribution in [0.4, 0.5) is 5.69 Å². The van der Waals surface area contributed by atoms with Crippen molar-refractivity contribution in [1.29, 1.82) is 0 Å². The molecule has 1 aromatic carbocycles. The van der Waals surface area contributed by atoms with E-state index in [9.17, 15) is 0 Å². The fraction of sp³-hybridized carbons (Fsp3) is 0.222. The molecule has 0 heterocycles. The quantitative estimate of drug-likeness (QED) is 0.403. The van der Waals surface area contributed by atoms with Crippen molar-refractivity contribution in [1.82, 2.24) is 4.31 Å². The van der Waals surface area contributed by atoms with E-state index in [0.29, 0.717) is 0 Å². The van der Waals surface area contributed by atoms with Crippen LogP contribution < -0.4 is 0 Å². The lowest BCUT2D eigenvalue weighted by molar-refractivity contribution is 0.710. The first-order valence-corrected chi connectivity index (χ1v) is 4.54. The first-order chi connectivity index (χ1) is 5.79. The molecular formula is C9H12N2S. The zero-order valence-corrected chi connectivity index (χ0v) is 8.08. The van der Waals surface area contributed by atoms with Crippen molar-refractivity contribution < 1.29 is 0 Å². The number of aliphatic imine (C=N–C) groups is 1. The summed E-state index contributed by atoms with van der Waals surface area (Å²) in [6, 6.07) is 9.90. The molecular weight excluding hydrogens is 168 g/mol. The van der Waals surface area contributed by atoms with Gasteiger partial charge in [0.25, 0.3) is 0 Å². The SMILES string of the molecule is CN(C)SC=Nc1ccccc1. The number of benzene rings is 1. The summed E-state index contributed by atoms with van der Waals surface area (Å²) in [5.74, 6) is 0. The van der Waals surface area contributed by atoms with Gasteiger partial charge in [-0.2, -0.15) is 0 Å². The molecule has 1 rings (SSSR count). The molecule has 0 fully saturated rings. The second-order valence-electron chi connectivity index (χ2n) is 2.49. The van der Waals surface area contributed by atoms with Crippen LogP contribution in [0.3, 0.4) is 0 Å². The Bertz CT molecular complexity index is 244. The normalized spacial score (nSPS) is 11.2. The summed E-state index contributed by atoms with van der Waals surface area (Å²) < 4.78 is 1.99. The topological polar surface area (TPSA) is 15.6 Å². The molecule has 0 atom stereocenters. The minimum Gasteiger partial charge on any atom is -0.252 e. The van der Waals surface area contributed by atoms with Gasteiger partial charge in [-0.3, -0.25) is 4.31 Å². The maximum atomic E-state index is 4.24. The van der Waals surface area contributed by atoms with Crippen molar-refractivity contribution in [2.45, 2.75) is 0 Å². The number of nitrogens with zero attached hydrogens (tertiary/aromatic N) is 2. The van der Waals surface area contributed by atoms with Crippen LogP contribution in [-0.4, -0.2) is 23.9 Å². The Balaban J connectivity index is 2.47. The van der Waals surface area contributed by atoms with Crippen molar-refractivity contribution in [3.63, 3.8) is 0 Å². The van der Waals surface area contributed by atoms with Gasteiger partial charge >= 0.3 is 0 Å². The molecule has 0 aromatic heterocycles. The second-order valence-corrected chi connectivity index (χ2v) is 3.64. The highest BCUT2D eigenvalue weighted by atomic mass is 32.2. The van der Waals surface area contributed by atoms with Gasteiger partial charge in [-0.15, -0.1) is 0 Å². The fourth-order valence-electron chi connectivity index (χ4n) is 0.693. The van der Waals surface area contributed by atoms with Gasteiger partial charge in [0.15, 0.2) is 0 Å². The molecule has 64 valence electrons. The number of rotatable bonds is 3. The molecule has 0 amide bonds. The van der Waals surface area contributed by atoms with Crippen molar-refractivity contribution >= 4 is 23.2 Å². The predicted molar refractivity (Wildman–Crippen MR) is 55.9 cm³/mol. The largest absolute Gasteiger partial charge is 0.252 e. The third-order valence-corrected chi connectivity index (χ3v) is 1.84. The van der Waals surface area contributed by atoms with Crippen LogP contribution >= 0.6 is 11.9 Å². The van der Waals surface area contributed by atoms with Gasteiger partial charge in [0.05, 0.1) is 11.2 Å². The molecule has 0 saturated heterocycles. The highest BCUT2D eigenvalue weighted by molar-refractivity contribution is 8.10. The highest BCUT2D eigenvalue weighted by Gasteiger charge is 1.85. The van der Waals surface area contributed by atoms with E-state index in [1.807, 2.05) is 54.3 Å². The maximum absolute atomic E-state index is 4.24. The molecule has 0 bridgehead atoms. The molecule has 0 radical (unpaired) electrons. The zero-order valence-electron chi connectivity index (χ0n) is 7.27. The van der Waals surface area contributed by atoms with E-state index in [-0.39, 0.29) is 0 Å². The summed E-state index contributed by atoms with van der Waals surface area (Å²) in [6.45, 7) is 0. The van der Waals surface area contributed by atoms with E-state index < -0.39 is 0 Å². The van der Waals surface area contributed by atoms with Crippen LogP contribution in [0.5, 0.6) is 0 Å². The lowest BCUT2D eigenvalue weighted by Gasteiger charge is -2.01. The summed E-state index contributed by atoms with van der Waals surface area (Å²) in [7, 11) is 3.98. The average Bonchev–Trinajstić information content (AvgIpc) is 2.05. The molecule has 0 N–H and O–H groups in total. The first kappa shape index (κ1) is 9.29. The highest BCUT2D eigenvalue weighted by Crippen LogP contribution is 2.10. The molecule has 0 saturated carbocycles. The minimum atomic E-state index is 0.992. The Morgan fingerprint density at radius 3 is 2.50 bits per heavy atom. The third-order valence-electron chi connectivity index (χ3n) is 1.22. The number of hydrogen-bond donors (Lipinski definition) is 0. The zero-order chi connectivity index (χ0) is 8.81. The van der Waals surface area contributed by atoms with Gasteiger partial charge in [-0.25, -0.2) is 4.99 Å². The van der Waals surface area contributed by atoms with Gasteiger partial charge in [-0.05, 0) is 38.2 Å². The van der Waals surface area contributed by atoms with E-state index >= 15 is 0 Å². The Kier molecular flexibility index (Phi) is 3.84. The Hall–Kier alpha value is -0.800. The van der Waals surface area contributed by atoms with Crippen molar-refractivity contribution in [2.24, 2.45) is 4.99 Å². The number of hydrogen-bond acceptors (Lipinski definition) is 3. The van der Waals surface area contributed by atoms with Gasteiger partial charge in [0.2, 0.25) is 0 Å². The Morgan fingerprint density at radius 1 is 1.25 bits per heavy atom. The van der Waals surface area contributed by atoms with Gasteiger partial charge in [0.1, 0.15) is 0 Å². The molecule has 0 aliphatic carbocycles. The van der Waals surface area contributed by atoms with Crippen LogP contribution in [0, 0.1) is 0 Å². The van der Waals surface area contributed by atoms with Gasteiger partial charge in [0, 0.05) is 0 Å². The van der Waals surface area contributed by atoms with E-state index in [1.165, 1.54) is 0 Å². The molecule has 2 nitrogen and oxygen atoms in total. The fourth-order valence-corrected chi connectivity index (χ4v) is 1.05. The van der Waals surface area contributed by atoms with E-state index in [4.69, 9.17) is 0 Å². The van der Waals surface area contributed by atoms with Crippen LogP contribution in [0.2, 0.25) is 0 Å². The predicted octanol–water partition coefficient (Wildman–Crippen LogP) is 2.56. The summed E-state index contributed by atoms with van der Waals surface area (Å²) in [5.41, 5.74) is 2.82. The second kappa shape index (κ2) is 4.95. The van der Waals surface area contributed by atoms with Crippen LogP contribution in [0.1, 0.15) is 0 Å². The summed E-state index contributed by atoms with van der Waals surface area (Å²) >= 11 is 1.57. The van der Waals surface area contributed by atoms with Crippen molar-refractivity contribution in [2.75, 3.05) is 14.1 Å². The monoisotopic (exact) mass is 180 g/mol. The average molecular weight is 180 g/mol. The van der Waals surface area contributed by atoms with Crippen LogP contribution in [0.15, 0.2) is 35.3 Å². The lowest BCUT2D eigenvalue weighted by Crippen LogP contribution is -1.97.